The van der Waals surface area contributed by atoms with Crippen molar-refractivity contribution in [1.29, 1.82) is 0 Å². The van der Waals surface area contributed by atoms with E-state index in [0.29, 0.717) is 12.4 Å². The maximum Gasteiger partial charge on any atom is 3.00 e. The van der Waals surface area contributed by atoms with E-state index in [9.17, 15) is 69.5 Å². The van der Waals surface area contributed by atoms with Crippen molar-refractivity contribution in [3.63, 3.8) is 0 Å². The predicted octanol–water partition coefficient (Wildman–Crippen LogP) is -9.81. The molecule has 1 aromatic rings. The second kappa shape index (κ2) is 26.7. The van der Waals surface area contributed by atoms with Gasteiger partial charge in [-0.05, 0) is 26.2 Å². The van der Waals surface area contributed by atoms with E-state index >= 15 is 0 Å². The van der Waals surface area contributed by atoms with Crippen molar-refractivity contribution in [2.45, 2.75) is 49.2 Å². The van der Waals surface area contributed by atoms with Crippen molar-refractivity contribution in [1.82, 2.24) is 15.5 Å². The molecule has 0 spiro atoms. The number of nitrogens with one attached hydrogen (secondary N) is 2. The van der Waals surface area contributed by atoms with Crippen LogP contribution in [0, 0.1) is 10.1 Å². The van der Waals surface area contributed by atoms with Gasteiger partial charge < -0.3 is 89.6 Å². The van der Waals surface area contributed by atoms with Crippen LogP contribution < -0.4 is 41.3 Å². The second-order valence-electron chi connectivity index (χ2n) is 9.50. The first-order chi connectivity index (χ1) is 21.6. The largest absolute Gasteiger partial charge is 3.00 e. The normalized spacial score (nSPS) is 10.8. The van der Waals surface area contributed by atoms with Gasteiger partial charge in [0.1, 0.15) is 22.7 Å². The van der Waals surface area contributed by atoms with Crippen LogP contribution in [0.4, 0.5) is 0 Å². The van der Waals surface area contributed by atoms with Gasteiger partial charge in [-0.1, -0.05) is 0 Å². The maximum atomic E-state index is 10.3. The number of thioether (sulfide) groups is 1. The van der Waals surface area contributed by atoms with Crippen molar-refractivity contribution in [2.75, 3.05) is 33.4 Å². The molecule has 24 heteroatoms. The summed E-state index contributed by atoms with van der Waals surface area (Å²) in [6.45, 7) is 1.44. The summed E-state index contributed by atoms with van der Waals surface area (Å²) in [5.74, 6) is -8.02. The number of aliphatic carboxylic acids is 6. The van der Waals surface area contributed by atoms with Gasteiger partial charge in [0.05, 0.1) is 29.2 Å². The van der Waals surface area contributed by atoms with Crippen LogP contribution in [0.2, 0.25) is 0 Å². The van der Waals surface area contributed by atoms with Crippen LogP contribution in [0.25, 0.3) is 0 Å². The minimum Gasteiger partial charge on any atom is -0.550 e. The number of hydrogen-bond acceptors (Lipinski definition) is 21. The Bertz CT molecular complexity index is 1190. The Morgan fingerprint density at radius 1 is 0.837 bits per heavy atom. The van der Waals surface area contributed by atoms with Gasteiger partial charge in [-0.15, -0.1) is 0 Å². The molecule has 4 N–H and O–H groups in total. The SMILES string of the molecule is CNC(=C[N+](=O)[O-])NCCSCc1ccc(CN(C)C)o1.O=C([O-])CC(O)(CC(=O)[O-])C(=O)[O-].O=C([O-])CC(O)(CC(=O)[O-])C(=O)[O-].[Bi+3].[Bi+3]. The standard InChI is InChI=1S/C13H22N4O3S.2C6H8O7.2Bi/c1-14-13(9-17(18)19)15-6-7-21-10-12-5-4-11(20-12)8-16(2)3;2*7-3(8)1-6(13,5(11)12)2-4(9)10;;/h4-5,9,14-15H,6-8,10H2,1-3H3;2*13H,1-2H2,(H,7,8)(H,9,10)(H,11,12);;/q;;;2*+3/p-6. The Balaban J connectivity index is -0.000000319. The summed E-state index contributed by atoms with van der Waals surface area (Å²) in [7, 11) is 5.64. The maximum absolute atomic E-state index is 10.3. The van der Waals surface area contributed by atoms with Gasteiger partial charge in [0.15, 0.2) is 5.82 Å². The summed E-state index contributed by atoms with van der Waals surface area (Å²) in [5, 5.41) is 93.9. The Morgan fingerprint density at radius 3 is 1.53 bits per heavy atom. The number of carbonyl (C=O) groups excluding carboxylic acids is 6. The molecule has 0 aliphatic carbocycles. The molecular weight excluding hydrogens is 1080 g/mol. The molecule has 4 radical (unpaired) electrons. The number of nitro groups is 1. The molecule has 270 valence electrons. The number of hydrogen-bond donors (Lipinski definition) is 4. The third-order valence-corrected chi connectivity index (χ3v) is 5.99. The zero-order valence-corrected chi connectivity index (χ0v) is 33.9. The Hall–Kier alpha value is -3.16. The molecule has 0 unspecified atom stereocenters. The molecule has 0 aliphatic heterocycles. The van der Waals surface area contributed by atoms with E-state index in [1.54, 1.807) is 18.8 Å². The van der Waals surface area contributed by atoms with E-state index in [0.717, 1.165) is 35.8 Å². The molecule has 1 rings (SSSR count). The fourth-order valence-corrected chi connectivity index (χ4v) is 3.75. The van der Waals surface area contributed by atoms with Crippen molar-refractivity contribution in [3.05, 3.63) is 45.8 Å². The van der Waals surface area contributed by atoms with Crippen LogP contribution in [-0.2, 0) is 41.1 Å². The fourth-order valence-electron chi connectivity index (χ4n) is 3.00. The predicted molar refractivity (Wildman–Crippen MR) is 154 cm³/mol. The van der Waals surface area contributed by atoms with Crippen molar-refractivity contribution in [2.24, 2.45) is 0 Å². The first-order valence-corrected chi connectivity index (χ1v) is 14.0. The van der Waals surface area contributed by atoms with Crippen LogP contribution >= 0.6 is 11.8 Å². The molecule has 0 saturated heterocycles. The molecule has 0 atom stereocenters. The van der Waals surface area contributed by atoms with Gasteiger partial charge in [0.2, 0.25) is 0 Å². The van der Waals surface area contributed by atoms with Gasteiger partial charge in [-0.25, -0.2) is 0 Å². The number of carboxylic acid groups (broad SMARTS) is 6. The van der Waals surface area contributed by atoms with Crippen LogP contribution in [0.3, 0.4) is 0 Å². The van der Waals surface area contributed by atoms with E-state index in [2.05, 4.69) is 15.5 Å². The third-order valence-electron chi connectivity index (χ3n) is 5.01. The molecule has 1 aromatic heterocycles. The number of carboxylic acids is 6. The summed E-state index contributed by atoms with van der Waals surface area (Å²) >= 11 is 1.72. The molecule has 0 bridgehead atoms. The van der Waals surface area contributed by atoms with Crippen molar-refractivity contribution < 1.29 is 79.0 Å². The van der Waals surface area contributed by atoms with E-state index in [-0.39, 0.29) is 52.4 Å². The summed E-state index contributed by atoms with van der Waals surface area (Å²) < 4.78 is 5.70. The minimum absolute atomic E-state index is 0. The molecule has 21 nitrogen and oxygen atoms in total. The fraction of sp³-hybridized carbons (Fsp3) is 0.520. The number of nitrogens with zero attached hydrogens (tertiary/aromatic N) is 2. The Labute approximate surface area is 321 Å². The average Bonchev–Trinajstić information content (AvgIpc) is 3.32. The molecule has 0 aromatic carbocycles. The van der Waals surface area contributed by atoms with E-state index in [1.807, 2.05) is 26.2 Å². The second-order valence-corrected chi connectivity index (χ2v) is 10.6. The molecule has 49 heavy (non-hydrogen) atoms. The zero-order valence-electron chi connectivity index (χ0n) is 26.1. The molecular formula is C25H32Bi2N4O17S. The van der Waals surface area contributed by atoms with E-state index in [1.165, 1.54) is 0 Å². The van der Waals surface area contributed by atoms with Gasteiger partial charge >= 0.3 is 52.4 Å². The molecule has 1 heterocycles. The van der Waals surface area contributed by atoms with Crippen LogP contribution in [0.1, 0.15) is 37.2 Å². The number of carbonyl (C=O) groups is 6. The molecule has 0 saturated carbocycles. The quantitative estimate of drug-likeness (QED) is 0.0408. The van der Waals surface area contributed by atoms with Crippen molar-refractivity contribution >= 4 is 100.0 Å². The molecule has 0 amide bonds. The van der Waals surface area contributed by atoms with Gasteiger partial charge in [0, 0.05) is 68.9 Å². The number of aliphatic hydroxyl groups is 2. The molecule has 0 fully saturated rings. The summed E-state index contributed by atoms with van der Waals surface area (Å²) in [5.41, 5.74) is -5.95. The first kappa shape index (κ1) is 52.6. The van der Waals surface area contributed by atoms with Gasteiger partial charge in [-0.2, -0.15) is 11.8 Å². The summed E-state index contributed by atoms with van der Waals surface area (Å²) in [6, 6.07) is 3.98. The molecule has 0 aliphatic rings. The zero-order chi connectivity index (χ0) is 37.0. The summed E-state index contributed by atoms with van der Waals surface area (Å²) in [6.07, 6.45) is -4.51. The summed E-state index contributed by atoms with van der Waals surface area (Å²) in [4.78, 5) is 71.9. The third kappa shape index (κ3) is 26.4. The van der Waals surface area contributed by atoms with Crippen molar-refractivity contribution in [3.8, 4) is 0 Å². The number of rotatable bonds is 20. The number of furan rings is 1. The minimum atomic E-state index is -2.97. The topological polar surface area (TPSA) is 365 Å². The monoisotopic (exact) mass is 1110 g/mol. The van der Waals surface area contributed by atoms with Crippen LogP contribution in [0.5, 0.6) is 0 Å². The van der Waals surface area contributed by atoms with Gasteiger partial charge in [-0.3, -0.25) is 10.1 Å². The average molecular weight is 1110 g/mol. The van der Waals surface area contributed by atoms with Crippen LogP contribution in [-0.4, -0.2) is 153 Å². The van der Waals surface area contributed by atoms with Gasteiger partial charge in [0.25, 0.3) is 6.20 Å². The smallest absolute Gasteiger partial charge is 0.550 e. The Kier molecular flexibility index (Phi) is 28.7. The first-order valence-electron chi connectivity index (χ1n) is 12.8. The van der Waals surface area contributed by atoms with E-state index in [4.69, 9.17) is 14.6 Å². The van der Waals surface area contributed by atoms with Crippen LogP contribution in [0.15, 0.2) is 28.6 Å². The van der Waals surface area contributed by atoms with E-state index < -0.39 is 77.6 Å². The Morgan fingerprint density at radius 2 is 1.22 bits per heavy atom.